The van der Waals surface area contributed by atoms with E-state index >= 15 is 0 Å². The molecule has 0 aliphatic carbocycles. The number of hydrogen-bond acceptors (Lipinski definition) is 4. The number of amides is 1. The van der Waals surface area contributed by atoms with Crippen LogP contribution >= 0.6 is 27.3 Å². The highest BCUT2D eigenvalue weighted by Crippen LogP contribution is 2.19. The predicted molar refractivity (Wildman–Crippen MR) is 76.0 cm³/mol. The minimum absolute atomic E-state index is 0.0913. The van der Waals surface area contributed by atoms with E-state index in [0.29, 0.717) is 19.6 Å². The maximum absolute atomic E-state index is 11.7. The zero-order chi connectivity index (χ0) is 12.8. The number of hydrogen-bond donors (Lipinski definition) is 2. The van der Waals surface area contributed by atoms with Gasteiger partial charge < -0.3 is 15.4 Å². The average Bonchev–Trinajstić information content (AvgIpc) is 2.76. The van der Waals surface area contributed by atoms with Gasteiger partial charge in [0.15, 0.2) is 0 Å². The van der Waals surface area contributed by atoms with Gasteiger partial charge in [-0.05, 0) is 28.4 Å². The van der Waals surface area contributed by atoms with Crippen LogP contribution in [0.4, 0.5) is 0 Å². The lowest BCUT2D eigenvalue weighted by molar-refractivity contribution is -0.122. The Morgan fingerprint density at radius 2 is 2.56 bits per heavy atom. The molecule has 2 N–H and O–H groups in total. The molecule has 100 valence electrons. The van der Waals surface area contributed by atoms with Crippen molar-refractivity contribution >= 4 is 33.2 Å². The van der Waals surface area contributed by atoms with Crippen molar-refractivity contribution in [2.75, 3.05) is 26.3 Å². The summed E-state index contributed by atoms with van der Waals surface area (Å²) < 4.78 is 6.42. The number of rotatable bonds is 5. The van der Waals surface area contributed by atoms with E-state index in [9.17, 15) is 4.79 Å². The van der Waals surface area contributed by atoms with E-state index < -0.39 is 0 Å². The largest absolute Gasteiger partial charge is 0.378 e. The Labute approximate surface area is 119 Å². The quantitative estimate of drug-likeness (QED) is 0.860. The molecule has 2 heterocycles. The van der Waals surface area contributed by atoms with Gasteiger partial charge in [0.1, 0.15) is 0 Å². The van der Waals surface area contributed by atoms with Crippen LogP contribution in [-0.4, -0.2) is 38.3 Å². The highest BCUT2D eigenvalue weighted by atomic mass is 79.9. The van der Waals surface area contributed by atoms with Crippen molar-refractivity contribution < 1.29 is 9.53 Å². The first-order valence-corrected chi connectivity index (χ1v) is 7.72. The van der Waals surface area contributed by atoms with Crippen molar-refractivity contribution in [3.63, 3.8) is 0 Å². The Morgan fingerprint density at radius 1 is 1.67 bits per heavy atom. The molecule has 6 heteroatoms. The van der Waals surface area contributed by atoms with Gasteiger partial charge in [0, 0.05) is 40.3 Å². The molecule has 0 saturated carbocycles. The van der Waals surface area contributed by atoms with Crippen LogP contribution in [0.2, 0.25) is 0 Å². The van der Waals surface area contributed by atoms with Crippen LogP contribution in [0.3, 0.4) is 0 Å². The molecule has 1 aromatic rings. The molecule has 1 amide bonds. The Morgan fingerprint density at radius 3 is 3.22 bits per heavy atom. The number of morpholine rings is 1. The Bertz CT molecular complexity index is 391. The van der Waals surface area contributed by atoms with Crippen LogP contribution in [0.15, 0.2) is 15.9 Å². The zero-order valence-corrected chi connectivity index (χ0v) is 12.5. The fourth-order valence-corrected chi connectivity index (χ4v) is 3.31. The highest BCUT2D eigenvalue weighted by molar-refractivity contribution is 9.10. The monoisotopic (exact) mass is 332 g/mol. The first kappa shape index (κ1) is 14.0. The summed E-state index contributed by atoms with van der Waals surface area (Å²) in [6.07, 6.45) is 1.38. The molecule has 2 rings (SSSR count). The Kier molecular flexibility index (Phi) is 5.62. The van der Waals surface area contributed by atoms with Crippen molar-refractivity contribution in [3.8, 4) is 0 Å². The van der Waals surface area contributed by atoms with Crippen molar-refractivity contribution in [3.05, 3.63) is 20.8 Å². The molecule has 1 aliphatic heterocycles. The fraction of sp³-hybridized carbons (Fsp3) is 0.583. The summed E-state index contributed by atoms with van der Waals surface area (Å²) in [6, 6.07) is 2.25. The van der Waals surface area contributed by atoms with Crippen molar-refractivity contribution in [1.29, 1.82) is 0 Å². The molecule has 0 aromatic carbocycles. The van der Waals surface area contributed by atoms with Gasteiger partial charge >= 0.3 is 0 Å². The third-order valence-electron chi connectivity index (χ3n) is 2.75. The second-order valence-electron chi connectivity index (χ2n) is 4.26. The van der Waals surface area contributed by atoms with Gasteiger partial charge in [-0.2, -0.15) is 0 Å². The number of ether oxygens (including phenoxy) is 1. The van der Waals surface area contributed by atoms with Crippen LogP contribution in [0, 0.1) is 0 Å². The van der Waals surface area contributed by atoms with Gasteiger partial charge in [-0.25, -0.2) is 0 Å². The third-order valence-corrected chi connectivity index (χ3v) is 4.50. The third kappa shape index (κ3) is 4.68. The average molecular weight is 333 g/mol. The van der Waals surface area contributed by atoms with E-state index in [2.05, 4.69) is 38.0 Å². The normalized spacial score (nSPS) is 19.7. The van der Waals surface area contributed by atoms with Crippen molar-refractivity contribution in [1.82, 2.24) is 10.6 Å². The van der Waals surface area contributed by atoms with Crippen LogP contribution in [0.1, 0.15) is 11.3 Å². The van der Waals surface area contributed by atoms with Gasteiger partial charge in [-0.1, -0.05) is 0 Å². The first-order valence-electron chi connectivity index (χ1n) is 6.05. The summed E-state index contributed by atoms with van der Waals surface area (Å²) in [5.41, 5.74) is 0. The lowest BCUT2D eigenvalue weighted by Crippen LogP contribution is -2.44. The SMILES string of the molecule is O=C(CC1COCCN1)NCCc1cc(Br)cs1. The molecule has 1 fully saturated rings. The number of carbonyl (C=O) groups is 1. The topological polar surface area (TPSA) is 50.4 Å². The minimum Gasteiger partial charge on any atom is -0.378 e. The molecule has 1 unspecified atom stereocenters. The molecular weight excluding hydrogens is 316 g/mol. The molecule has 4 nitrogen and oxygen atoms in total. The second-order valence-corrected chi connectivity index (χ2v) is 6.17. The standard InChI is InChI=1S/C12H17BrN2O2S/c13-9-5-11(18-8-9)1-2-15-12(16)6-10-7-17-4-3-14-10/h5,8,10,14H,1-4,6-7H2,(H,15,16). The van der Waals surface area contributed by atoms with E-state index in [1.54, 1.807) is 11.3 Å². The number of thiophene rings is 1. The summed E-state index contributed by atoms with van der Waals surface area (Å²) >= 11 is 5.13. The summed E-state index contributed by atoms with van der Waals surface area (Å²) in [5.74, 6) is 0.0913. The second kappa shape index (κ2) is 7.23. The van der Waals surface area contributed by atoms with Crippen molar-refractivity contribution in [2.45, 2.75) is 18.9 Å². The number of nitrogens with one attached hydrogen (secondary N) is 2. The van der Waals surface area contributed by atoms with Crippen LogP contribution in [0.5, 0.6) is 0 Å². The van der Waals surface area contributed by atoms with Crippen LogP contribution < -0.4 is 10.6 Å². The maximum atomic E-state index is 11.7. The Hall–Kier alpha value is -0.430. The zero-order valence-electron chi connectivity index (χ0n) is 10.1. The molecular formula is C12H17BrN2O2S. The molecule has 18 heavy (non-hydrogen) atoms. The smallest absolute Gasteiger partial charge is 0.221 e. The van der Waals surface area contributed by atoms with E-state index in [0.717, 1.165) is 24.0 Å². The summed E-state index contributed by atoms with van der Waals surface area (Å²) in [5, 5.41) is 8.27. The summed E-state index contributed by atoms with van der Waals surface area (Å²) in [4.78, 5) is 13.0. The van der Waals surface area contributed by atoms with E-state index in [1.165, 1.54) is 4.88 Å². The highest BCUT2D eigenvalue weighted by Gasteiger charge is 2.16. The molecule has 1 aliphatic rings. The van der Waals surface area contributed by atoms with E-state index in [4.69, 9.17) is 4.74 Å². The predicted octanol–water partition coefficient (Wildman–Crippen LogP) is 1.55. The number of carbonyl (C=O) groups excluding carboxylic acids is 1. The Balaban J connectivity index is 1.62. The first-order chi connectivity index (χ1) is 8.74. The van der Waals surface area contributed by atoms with Crippen molar-refractivity contribution in [2.24, 2.45) is 0 Å². The molecule has 1 aromatic heterocycles. The van der Waals surface area contributed by atoms with Gasteiger partial charge in [0.25, 0.3) is 0 Å². The molecule has 0 spiro atoms. The maximum Gasteiger partial charge on any atom is 0.221 e. The van der Waals surface area contributed by atoms with E-state index in [1.807, 2.05) is 0 Å². The molecule has 1 saturated heterocycles. The van der Waals surface area contributed by atoms with Crippen LogP contribution in [0.25, 0.3) is 0 Å². The van der Waals surface area contributed by atoms with Gasteiger partial charge in [-0.15, -0.1) is 11.3 Å². The summed E-state index contributed by atoms with van der Waals surface area (Å²) in [6.45, 7) is 2.90. The summed E-state index contributed by atoms with van der Waals surface area (Å²) in [7, 11) is 0. The van der Waals surface area contributed by atoms with Gasteiger partial charge in [0.05, 0.1) is 13.2 Å². The lowest BCUT2D eigenvalue weighted by atomic mass is 10.2. The van der Waals surface area contributed by atoms with Crippen LogP contribution in [-0.2, 0) is 16.0 Å². The fourth-order valence-electron chi connectivity index (χ4n) is 1.86. The minimum atomic E-state index is 0.0913. The molecule has 0 radical (unpaired) electrons. The number of halogens is 1. The van der Waals surface area contributed by atoms with Gasteiger partial charge in [-0.3, -0.25) is 4.79 Å². The van der Waals surface area contributed by atoms with E-state index in [-0.39, 0.29) is 11.9 Å². The molecule has 0 bridgehead atoms. The van der Waals surface area contributed by atoms with Gasteiger partial charge in [0.2, 0.25) is 5.91 Å². The lowest BCUT2D eigenvalue weighted by Gasteiger charge is -2.23. The molecule has 1 atom stereocenters.